The van der Waals surface area contributed by atoms with E-state index in [0.717, 1.165) is 5.43 Å². The van der Waals surface area contributed by atoms with Crippen molar-refractivity contribution in [1.29, 1.82) is 0 Å². The van der Waals surface area contributed by atoms with Gasteiger partial charge in [0.25, 0.3) is 0 Å². The van der Waals surface area contributed by atoms with Crippen molar-refractivity contribution in [3.05, 3.63) is 20.2 Å². The standard InChI is InChI=1S/CHN3O6/c5-1(2-3(6)7)10-4(8)9/h(H,2,5). The molecule has 1 N–H and O–H groups in total. The first-order valence-electron chi connectivity index (χ1n) is 1.79. The van der Waals surface area contributed by atoms with E-state index in [4.69, 9.17) is 0 Å². The highest BCUT2D eigenvalue weighted by Crippen LogP contribution is 1.75. The predicted octanol–water partition coefficient (Wildman–Crippen LogP) is -0.904. The molecule has 56 valence electrons. The molecule has 0 aliphatic rings. The van der Waals surface area contributed by atoms with Crippen molar-refractivity contribution < 1.29 is 19.8 Å². The summed E-state index contributed by atoms with van der Waals surface area (Å²) in [4.78, 5) is 31.6. The summed E-state index contributed by atoms with van der Waals surface area (Å²) in [6, 6.07) is 0. The number of nitro groups is 1. The average molecular weight is 151 g/mol. The average Bonchev–Trinajstić information content (AvgIpc) is 1.58. The highest BCUT2D eigenvalue weighted by atomic mass is 17.0. The van der Waals surface area contributed by atoms with E-state index in [-0.39, 0.29) is 0 Å². The minimum atomic E-state index is -1.74. The van der Waals surface area contributed by atoms with Crippen LogP contribution in [0.4, 0.5) is 4.79 Å². The molecule has 1 amide bonds. The van der Waals surface area contributed by atoms with Crippen molar-refractivity contribution >= 4 is 6.09 Å². The fourth-order valence-electron chi connectivity index (χ4n) is 0.163. The maximum Gasteiger partial charge on any atom is 0.453 e. The third-order valence-corrected chi connectivity index (χ3v) is 0.340. The fraction of sp³-hybridized carbons (Fsp3) is 0. The SMILES string of the molecule is O=C(N[N+](=O)[O-])O[N+](=O)[O-]. The van der Waals surface area contributed by atoms with Crippen molar-refractivity contribution in [3.63, 3.8) is 0 Å². The fourth-order valence-corrected chi connectivity index (χ4v) is 0.163. The zero-order valence-corrected chi connectivity index (χ0v) is 4.34. The number of nitrogens with one attached hydrogen (secondary N) is 1. The molecule has 0 unspecified atom stereocenters. The molecule has 0 spiro atoms. The molecule has 0 saturated heterocycles. The van der Waals surface area contributed by atoms with Gasteiger partial charge in [0.2, 0.25) is 0 Å². The first kappa shape index (κ1) is 8.07. The zero-order valence-electron chi connectivity index (χ0n) is 4.34. The van der Waals surface area contributed by atoms with E-state index >= 15 is 0 Å². The van der Waals surface area contributed by atoms with Gasteiger partial charge in [-0.2, -0.15) is 0 Å². The van der Waals surface area contributed by atoms with Crippen LogP contribution in [0.5, 0.6) is 0 Å². The summed E-state index contributed by atoms with van der Waals surface area (Å²) in [7, 11) is 0. The van der Waals surface area contributed by atoms with Gasteiger partial charge in [-0.25, -0.2) is 19.7 Å². The van der Waals surface area contributed by atoms with Crippen LogP contribution in [0.2, 0.25) is 0 Å². The second-order valence-electron chi connectivity index (χ2n) is 0.971. The number of hydrazine groups is 1. The minimum absolute atomic E-state index is 0.893. The van der Waals surface area contributed by atoms with Gasteiger partial charge in [-0.05, 0) is 5.43 Å². The van der Waals surface area contributed by atoms with E-state index in [1.54, 1.807) is 0 Å². The molecular formula is CHN3O6. The van der Waals surface area contributed by atoms with E-state index in [0.29, 0.717) is 0 Å². The topological polar surface area (TPSA) is 125 Å². The minimum Gasteiger partial charge on any atom is -0.236 e. The van der Waals surface area contributed by atoms with E-state index in [1.807, 2.05) is 0 Å². The lowest BCUT2D eigenvalue weighted by molar-refractivity contribution is -0.731. The highest BCUT2D eigenvalue weighted by molar-refractivity contribution is 5.64. The summed E-state index contributed by atoms with van der Waals surface area (Å²) in [5.74, 6) is 0. The monoisotopic (exact) mass is 151 g/mol. The molecule has 0 bridgehead atoms. The Labute approximate surface area is 52.8 Å². The van der Waals surface area contributed by atoms with Crippen LogP contribution in [0, 0.1) is 20.2 Å². The number of rotatable bonds is 2. The summed E-state index contributed by atoms with van der Waals surface area (Å²) >= 11 is 0. The Morgan fingerprint density at radius 2 is 1.90 bits per heavy atom. The molecule has 0 fully saturated rings. The maximum atomic E-state index is 9.85. The molecule has 0 aromatic heterocycles. The normalized spacial score (nSPS) is 8.00. The van der Waals surface area contributed by atoms with E-state index in [1.165, 1.54) is 0 Å². The van der Waals surface area contributed by atoms with Gasteiger partial charge in [0.1, 0.15) is 0 Å². The van der Waals surface area contributed by atoms with Crippen molar-refractivity contribution in [3.8, 4) is 0 Å². The summed E-state index contributed by atoms with van der Waals surface area (Å²) < 4.78 is 0. The van der Waals surface area contributed by atoms with Gasteiger partial charge in [0.15, 0.2) is 5.03 Å². The number of amides is 1. The van der Waals surface area contributed by atoms with Crippen molar-refractivity contribution in [1.82, 2.24) is 5.43 Å². The molecule has 0 saturated carbocycles. The van der Waals surface area contributed by atoms with E-state index in [9.17, 15) is 25.0 Å². The molecule has 0 aromatic carbocycles. The van der Waals surface area contributed by atoms with Gasteiger partial charge in [-0.15, -0.1) is 10.1 Å². The Hall–Kier alpha value is -1.93. The molecule has 9 heteroatoms. The Balaban J connectivity index is 3.65. The number of hydrogen-bond acceptors (Lipinski definition) is 6. The van der Waals surface area contributed by atoms with Crippen LogP contribution >= 0.6 is 0 Å². The molecule has 0 atom stereocenters. The van der Waals surface area contributed by atoms with Crippen LogP contribution in [-0.4, -0.2) is 16.2 Å². The first-order valence-corrected chi connectivity index (χ1v) is 1.79. The third kappa shape index (κ3) is 4.23. The lowest BCUT2D eigenvalue weighted by Gasteiger charge is -1.90. The highest BCUT2D eigenvalue weighted by Gasteiger charge is 2.11. The largest absolute Gasteiger partial charge is 0.453 e. The van der Waals surface area contributed by atoms with Crippen LogP contribution < -0.4 is 5.43 Å². The van der Waals surface area contributed by atoms with Crippen molar-refractivity contribution in [2.75, 3.05) is 0 Å². The maximum absolute atomic E-state index is 9.85. The lowest BCUT2D eigenvalue weighted by atomic mass is 11.2. The molecule has 0 rings (SSSR count). The summed E-state index contributed by atoms with van der Waals surface area (Å²) in [6.45, 7) is 0. The lowest BCUT2D eigenvalue weighted by Crippen LogP contribution is -2.31. The molecule has 0 aliphatic heterocycles. The molecular weight excluding hydrogens is 150 g/mol. The Bertz CT molecular complexity index is 156. The summed E-state index contributed by atoms with van der Waals surface area (Å²) in [6.07, 6.45) is -1.74. The predicted molar refractivity (Wildman–Crippen MR) is 23.6 cm³/mol. The summed E-state index contributed by atoms with van der Waals surface area (Å²) in [5.41, 5.74) is 0.893. The van der Waals surface area contributed by atoms with Gasteiger partial charge in [0.05, 0.1) is 0 Å². The Kier molecular flexibility index (Phi) is 2.56. The van der Waals surface area contributed by atoms with Gasteiger partial charge < -0.3 is 0 Å². The van der Waals surface area contributed by atoms with E-state index in [2.05, 4.69) is 4.84 Å². The van der Waals surface area contributed by atoms with Crippen LogP contribution in [0.3, 0.4) is 0 Å². The number of nitrogens with zero attached hydrogens (tertiary/aromatic N) is 2. The third-order valence-electron chi connectivity index (χ3n) is 0.340. The molecule has 9 nitrogen and oxygen atoms in total. The van der Waals surface area contributed by atoms with Gasteiger partial charge in [-0.1, -0.05) is 0 Å². The quantitative estimate of drug-likeness (QED) is 0.402. The number of carbonyl (C=O) groups is 1. The molecule has 0 aliphatic carbocycles. The Morgan fingerprint density at radius 1 is 1.40 bits per heavy atom. The number of hydrogen-bond donors (Lipinski definition) is 1. The molecule has 0 aromatic rings. The molecule has 0 radical (unpaired) electrons. The van der Waals surface area contributed by atoms with Crippen LogP contribution in [0.25, 0.3) is 0 Å². The first-order chi connectivity index (χ1) is 4.52. The van der Waals surface area contributed by atoms with Crippen LogP contribution in [0.15, 0.2) is 0 Å². The van der Waals surface area contributed by atoms with E-state index < -0.39 is 16.2 Å². The summed E-state index contributed by atoms with van der Waals surface area (Å²) in [5, 5.41) is 15.9. The second kappa shape index (κ2) is 3.17. The Morgan fingerprint density at radius 3 is 2.20 bits per heavy atom. The van der Waals surface area contributed by atoms with Gasteiger partial charge >= 0.3 is 11.2 Å². The van der Waals surface area contributed by atoms with Crippen molar-refractivity contribution in [2.24, 2.45) is 0 Å². The van der Waals surface area contributed by atoms with Crippen molar-refractivity contribution in [2.45, 2.75) is 0 Å². The van der Waals surface area contributed by atoms with Crippen LogP contribution in [0.1, 0.15) is 0 Å². The second-order valence-corrected chi connectivity index (χ2v) is 0.971. The molecule has 10 heavy (non-hydrogen) atoms. The molecule has 0 heterocycles. The smallest absolute Gasteiger partial charge is 0.236 e. The van der Waals surface area contributed by atoms with Crippen LogP contribution in [-0.2, 0) is 4.84 Å². The number of carbonyl (C=O) groups excluding carboxylic acids is 1. The zero-order chi connectivity index (χ0) is 8.15. The van der Waals surface area contributed by atoms with Gasteiger partial charge in [0, 0.05) is 0 Å². The van der Waals surface area contributed by atoms with Gasteiger partial charge in [-0.3, -0.25) is 0 Å².